The van der Waals surface area contributed by atoms with E-state index < -0.39 is 0 Å². The highest BCUT2D eigenvalue weighted by Crippen LogP contribution is 2.29. The number of halogens is 1. The molecule has 3 heteroatoms. The molecule has 0 fully saturated rings. The van der Waals surface area contributed by atoms with Gasteiger partial charge >= 0.3 is 0 Å². The number of carbonyl (C=O) groups excluding carboxylic acids is 1. The van der Waals surface area contributed by atoms with Gasteiger partial charge in [0.1, 0.15) is 11.6 Å². The van der Waals surface area contributed by atoms with Crippen molar-refractivity contribution in [2.24, 2.45) is 0 Å². The van der Waals surface area contributed by atoms with Gasteiger partial charge in [0.15, 0.2) is 0 Å². The van der Waals surface area contributed by atoms with Gasteiger partial charge in [0.25, 0.3) is 6.47 Å². The second-order valence-corrected chi connectivity index (χ2v) is 5.88. The Morgan fingerprint density at radius 3 is 2.12 bits per heavy atom. The Bertz CT molecular complexity index is 852. The van der Waals surface area contributed by atoms with Crippen molar-refractivity contribution in [1.29, 1.82) is 0 Å². The molecule has 0 spiro atoms. The molecule has 0 bridgehead atoms. The summed E-state index contributed by atoms with van der Waals surface area (Å²) in [6, 6.07) is 20.3. The number of rotatable bonds is 6. The van der Waals surface area contributed by atoms with Crippen LogP contribution in [0.25, 0.3) is 22.3 Å². The fourth-order valence-electron chi connectivity index (χ4n) is 2.85. The minimum absolute atomic E-state index is 0.279. The summed E-state index contributed by atoms with van der Waals surface area (Å²) in [7, 11) is 0. The molecule has 0 saturated carbocycles. The summed E-state index contributed by atoms with van der Waals surface area (Å²) in [4.78, 5) is 10.3. The van der Waals surface area contributed by atoms with E-state index >= 15 is 0 Å². The third-order valence-electron chi connectivity index (χ3n) is 4.14. The molecule has 0 atom stereocenters. The van der Waals surface area contributed by atoms with Crippen molar-refractivity contribution in [3.05, 3.63) is 78.1 Å². The maximum absolute atomic E-state index is 14.6. The van der Waals surface area contributed by atoms with Crippen LogP contribution >= 0.6 is 0 Å². The van der Waals surface area contributed by atoms with Crippen molar-refractivity contribution in [3.63, 3.8) is 0 Å². The first kappa shape index (κ1) is 16.9. The monoisotopic (exact) mass is 334 g/mol. The zero-order valence-electron chi connectivity index (χ0n) is 14.0. The summed E-state index contributed by atoms with van der Waals surface area (Å²) in [6.07, 6.45) is 2.16. The van der Waals surface area contributed by atoms with E-state index in [1.807, 2.05) is 18.2 Å². The highest BCUT2D eigenvalue weighted by Gasteiger charge is 2.08. The molecule has 0 saturated heterocycles. The Morgan fingerprint density at radius 1 is 0.880 bits per heavy atom. The van der Waals surface area contributed by atoms with E-state index in [1.165, 1.54) is 5.56 Å². The van der Waals surface area contributed by atoms with Crippen LogP contribution in [0.15, 0.2) is 66.7 Å². The topological polar surface area (TPSA) is 26.3 Å². The average Bonchev–Trinajstić information content (AvgIpc) is 2.64. The number of carbonyl (C=O) groups is 1. The van der Waals surface area contributed by atoms with E-state index in [-0.39, 0.29) is 5.82 Å². The molecule has 25 heavy (non-hydrogen) atoms. The second-order valence-electron chi connectivity index (χ2n) is 5.88. The van der Waals surface area contributed by atoms with Crippen molar-refractivity contribution in [3.8, 4) is 28.0 Å². The predicted molar refractivity (Wildman–Crippen MR) is 98.0 cm³/mol. The van der Waals surface area contributed by atoms with Gasteiger partial charge in [0, 0.05) is 5.56 Å². The Morgan fingerprint density at radius 2 is 1.52 bits per heavy atom. The molecule has 0 N–H and O–H groups in total. The number of aryl methyl sites for hydroxylation is 1. The lowest BCUT2D eigenvalue weighted by molar-refractivity contribution is -0.120. The van der Waals surface area contributed by atoms with Gasteiger partial charge in [-0.05, 0) is 46.9 Å². The van der Waals surface area contributed by atoms with E-state index in [4.69, 9.17) is 4.74 Å². The van der Waals surface area contributed by atoms with Crippen molar-refractivity contribution in [2.45, 2.75) is 19.8 Å². The Labute approximate surface area is 146 Å². The number of ether oxygens (including phenoxy) is 1. The van der Waals surface area contributed by atoms with E-state index in [0.717, 1.165) is 29.5 Å². The molecule has 0 aliphatic rings. The van der Waals surface area contributed by atoms with E-state index in [2.05, 4.69) is 19.1 Å². The highest BCUT2D eigenvalue weighted by atomic mass is 19.1. The third-order valence-corrected chi connectivity index (χ3v) is 4.14. The van der Waals surface area contributed by atoms with Crippen LogP contribution in [0.3, 0.4) is 0 Å². The normalized spacial score (nSPS) is 10.5. The average molecular weight is 334 g/mol. The van der Waals surface area contributed by atoms with E-state index in [0.29, 0.717) is 17.8 Å². The number of hydrogen-bond acceptors (Lipinski definition) is 2. The minimum atomic E-state index is -0.279. The van der Waals surface area contributed by atoms with Crippen LogP contribution in [0.5, 0.6) is 5.75 Å². The minimum Gasteiger partial charge on any atom is -0.429 e. The molecule has 0 heterocycles. The molecule has 0 aliphatic carbocycles. The molecule has 0 amide bonds. The van der Waals surface area contributed by atoms with E-state index in [1.54, 1.807) is 36.4 Å². The molecular weight excluding hydrogens is 315 g/mol. The number of benzene rings is 3. The van der Waals surface area contributed by atoms with Crippen molar-refractivity contribution >= 4 is 6.47 Å². The molecule has 2 nitrogen and oxygen atoms in total. The van der Waals surface area contributed by atoms with Crippen LogP contribution in [-0.2, 0) is 11.2 Å². The summed E-state index contributed by atoms with van der Waals surface area (Å²) < 4.78 is 19.3. The summed E-state index contributed by atoms with van der Waals surface area (Å²) >= 11 is 0. The molecule has 0 unspecified atom stereocenters. The van der Waals surface area contributed by atoms with E-state index in [9.17, 15) is 9.18 Å². The van der Waals surface area contributed by atoms with Crippen molar-refractivity contribution in [1.82, 2.24) is 0 Å². The van der Waals surface area contributed by atoms with Crippen molar-refractivity contribution in [2.75, 3.05) is 0 Å². The van der Waals surface area contributed by atoms with Crippen LogP contribution < -0.4 is 4.74 Å². The fourth-order valence-corrected chi connectivity index (χ4v) is 2.85. The zero-order chi connectivity index (χ0) is 17.6. The quantitative estimate of drug-likeness (QED) is 0.545. The van der Waals surface area contributed by atoms with Gasteiger partial charge in [0.05, 0.1) is 0 Å². The Hall–Kier alpha value is -2.94. The molecule has 0 aromatic heterocycles. The Kier molecular flexibility index (Phi) is 5.24. The molecular formula is C22H19FO2. The zero-order valence-corrected chi connectivity index (χ0v) is 14.0. The summed E-state index contributed by atoms with van der Waals surface area (Å²) in [5.41, 5.74) is 4.40. The fraction of sp³-hybridized carbons (Fsp3) is 0.136. The first-order valence-electron chi connectivity index (χ1n) is 8.31. The third kappa shape index (κ3) is 3.94. The Balaban J connectivity index is 1.86. The van der Waals surface area contributed by atoms with Crippen molar-refractivity contribution < 1.29 is 13.9 Å². The molecule has 0 radical (unpaired) electrons. The van der Waals surface area contributed by atoms with Crippen LogP contribution in [0.2, 0.25) is 0 Å². The van der Waals surface area contributed by atoms with Crippen LogP contribution in [0, 0.1) is 5.82 Å². The molecule has 3 rings (SSSR count). The first-order valence-corrected chi connectivity index (χ1v) is 8.31. The SMILES string of the molecule is CCCc1ccc(-c2ccc(-c3ccc(OC=O)cc3)c(F)c2)cc1. The lowest BCUT2D eigenvalue weighted by Gasteiger charge is -2.08. The van der Waals surface area contributed by atoms with Gasteiger partial charge in [-0.1, -0.05) is 61.9 Å². The maximum Gasteiger partial charge on any atom is 0.298 e. The summed E-state index contributed by atoms with van der Waals surface area (Å²) in [5.74, 6) is 0.155. The number of hydrogen-bond donors (Lipinski definition) is 0. The van der Waals surface area contributed by atoms with Gasteiger partial charge in [-0.3, -0.25) is 4.79 Å². The smallest absolute Gasteiger partial charge is 0.298 e. The van der Waals surface area contributed by atoms with Gasteiger partial charge in [-0.25, -0.2) is 4.39 Å². The van der Waals surface area contributed by atoms with Gasteiger partial charge in [0.2, 0.25) is 0 Å². The van der Waals surface area contributed by atoms with Gasteiger partial charge in [-0.2, -0.15) is 0 Å². The lowest BCUT2D eigenvalue weighted by atomic mass is 9.98. The van der Waals surface area contributed by atoms with Gasteiger partial charge < -0.3 is 4.74 Å². The standard InChI is InChI=1S/C22H19FO2/c1-2-3-16-4-6-17(7-5-16)19-10-13-21(22(23)14-19)18-8-11-20(12-9-18)25-15-24/h4-15H,2-3H2,1H3. The molecule has 0 aliphatic heterocycles. The van der Waals surface area contributed by atoms with Crippen LogP contribution in [-0.4, -0.2) is 6.47 Å². The molecule has 3 aromatic carbocycles. The van der Waals surface area contributed by atoms with Gasteiger partial charge in [-0.15, -0.1) is 0 Å². The molecule has 3 aromatic rings. The maximum atomic E-state index is 14.6. The lowest BCUT2D eigenvalue weighted by Crippen LogP contribution is -1.90. The molecule has 126 valence electrons. The van der Waals surface area contributed by atoms with Crippen LogP contribution in [0.4, 0.5) is 4.39 Å². The van der Waals surface area contributed by atoms with Crippen LogP contribution in [0.1, 0.15) is 18.9 Å². The first-order chi connectivity index (χ1) is 12.2. The summed E-state index contributed by atoms with van der Waals surface area (Å²) in [6.45, 7) is 2.52. The summed E-state index contributed by atoms with van der Waals surface area (Å²) in [5, 5.41) is 0. The second kappa shape index (κ2) is 7.75. The largest absolute Gasteiger partial charge is 0.429 e. The predicted octanol–water partition coefficient (Wildman–Crippen LogP) is 5.65. The highest BCUT2D eigenvalue weighted by molar-refractivity contribution is 5.71.